The highest BCUT2D eigenvalue weighted by molar-refractivity contribution is 6.62. The first-order chi connectivity index (χ1) is 9.16. The van der Waals surface area contributed by atoms with E-state index in [1.54, 1.807) is 6.07 Å². The summed E-state index contributed by atoms with van der Waals surface area (Å²) in [6.07, 6.45) is 0.571. The molecule has 0 aromatic heterocycles. The van der Waals surface area contributed by atoms with Crippen LogP contribution in [0.5, 0.6) is 0 Å². The highest BCUT2D eigenvalue weighted by Gasteiger charge is 2.52. The van der Waals surface area contributed by atoms with E-state index in [1.807, 2.05) is 27.7 Å². The molecule has 1 heterocycles. The Morgan fingerprint density at radius 1 is 1.15 bits per heavy atom. The number of hydrogen-bond donors (Lipinski definition) is 0. The summed E-state index contributed by atoms with van der Waals surface area (Å²) in [5.74, 6) is 0. The van der Waals surface area contributed by atoms with Crippen molar-refractivity contribution in [1.29, 1.82) is 0 Å². The van der Waals surface area contributed by atoms with Gasteiger partial charge in [-0.05, 0) is 33.2 Å². The highest BCUT2D eigenvalue weighted by Crippen LogP contribution is 2.36. The van der Waals surface area contributed by atoms with E-state index in [4.69, 9.17) is 9.31 Å². The Bertz CT molecular complexity index is 554. The minimum atomic E-state index is -0.724. The largest absolute Gasteiger partial charge is 0.495 e. The summed E-state index contributed by atoms with van der Waals surface area (Å²) in [6.45, 7) is 7.58. The molecular weight excluding hydrogens is 261 g/mol. The summed E-state index contributed by atoms with van der Waals surface area (Å²) in [7, 11) is -0.724. The maximum atomic E-state index is 10.9. The number of carbonyl (C=O) groups is 1. The SMILES string of the molecule is CC1(C)OB(c2cc(C=O)cc([N+](=O)[O-])c2)OC1(C)C. The molecule has 0 spiro atoms. The maximum Gasteiger partial charge on any atom is 0.495 e. The first-order valence-electron chi connectivity index (χ1n) is 6.26. The van der Waals surface area contributed by atoms with Crippen LogP contribution in [0.1, 0.15) is 38.1 Å². The van der Waals surface area contributed by atoms with Crippen molar-refractivity contribution < 1.29 is 19.0 Å². The minimum absolute atomic E-state index is 0.153. The fourth-order valence-corrected chi connectivity index (χ4v) is 1.95. The first kappa shape index (κ1) is 14.7. The van der Waals surface area contributed by atoms with E-state index < -0.39 is 23.2 Å². The van der Waals surface area contributed by atoms with Crippen LogP contribution in [-0.2, 0) is 9.31 Å². The summed E-state index contributed by atoms with van der Waals surface area (Å²) in [5.41, 5.74) is -0.532. The van der Waals surface area contributed by atoms with Crippen molar-refractivity contribution in [1.82, 2.24) is 0 Å². The topological polar surface area (TPSA) is 78.7 Å². The third kappa shape index (κ3) is 2.46. The van der Waals surface area contributed by atoms with Gasteiger partial charge in [0.05, 0.1) is 16.1 Å². The molecule has 0 radical (unpaired) electrons. The van der Waals surface area contributed by atoms with Crippen molar-refractivity contribution in [3.8, 4) is 0 Å². The third-order valence-electron chi connectivity index (χ3n) is 3.83. The minimum Gasteiger partial charge on any atom is -0.399 e. The van der Waals surface area contributed by atoms with Gasteiger partial charge in [-0.25, -0.2) is 0 Å². The van der Waals surface area contributed by atoms with Gasteiger partial charge in [0.2, 0.25) is 0 Å². The van der Waals surface area contributed by atoms with Gasteiger partial charge in [-0.2, -0.15) is 0 Å². The van der Waals surface area contributed by atoms with Gasteiger partial charge in [-0.15, -0.1) is 0 Å². The number of hydrogen-bond acceptors (Lipinski definition) is 5. The molecule has 1 aromatic rings. The number of aldehydes is 1. The van der Waals surface area contributed by atoms with Gasteiger partial charge in [0.1, 0.15) is 6.29 Å². The smallest absolute Gasteiger partial charge is 0.399 e. The lowest BCUT2D eigenvalue weighted by Gasteiger charge is -2.32. The molecule has 0 saturated carbocycles. The van der Waals surface area contributed by atoms with Crippen LogP contribution in [0.25, 0.3) is 0 Å². The van der Waals surface area contributed by atoms with Crippen molar-refractivity contribution in [2.75, 3.05) is 0 Å². The molecule has 0 N–H and O–H groups in total. The molecule has 2 rings (SSSR count). The second-order valence-electron chi connectivity index (χ2n) is 5.82. The Labute approximate surface area is 117 Å². The van der Waals surface area contributed by atoms with Gasteiger partial charge in [-0.3, -0.25) is 14.9 Å². The van der Waals surface area contributed by atoms with Gasteiger partial charge >= 0.3 is 7.12 Å². The van der Waals surface area contributed by atoms with Crippen molar-refractivity contribution >= 4 is 24.6 Å². The van der Waals surface area contributed by atoms with Crippen LogP contribution < -0.4 is 5.46 Å². The number of non-ortho nitro benzene ring substituents is 1. The lowest BCUT2D eigenvalue weighted by Crippen LogP contribution is -2.41. The van der Waals surface area contributed by atoms with Crippen molar-refractivity contribution in [2.45, 2.75) is 38.9 Å². The molecule has 20 heavy (non-hydrogen) atoms. The van der Waals surface area contributed by atoms with E-state index in [9.17, 15) is 14.9 Å². The van der Waals surface area contributed by atoms with E-state index in [2.05, 4.69) is 0 Å². The molecule has 0 unspecified atom stereocenters. The number of rotatable bonds is 3. The van der Waals surface area contributed by atoms with Gasteiger partial charge in [0.15, 0.2) is 0 Å². The van der Waals surface area contributed by atoms with Crippen molar-refractivity contribution in [3.05, 3.63) is 33.9 Å². The monoisotopic (exact) mass is 277 g/mol. The normalized spacial score (nSPS) is 19.9. The lowest BCUT2D eigenvalue weighted by atomic mass is 9.78. The Hall–Kier alpha value is -1.73. The van der Waals surface area contributed by atoms with Crippen LogP contribution in [-0.4, -0.2) is 29.5 Å². The fourth-order valence-electron chi connectivity index (χ4n) is 1.95. The van der Waals surface area contributed by atoms with E-state index in [0.717, 1.165) is 0 Å². The Morgan fingerprint density at radius 3 is 2.15 bits per heavy atom. The van der Waals surface area contributed by atoms with Gasteiger partial charge in [0.25, 0.3) is 5.69 Å². The Morgan fingerprint density at radius 2 is 1.70 bits per heavy atom. The number of nitro benzene ring substituents is 1. The molecule has 0 atom stereocenters. The predicted molar refractivity (Wildman–Crippen MR) is 74.2 cm³/mol. The molecule has 6 nitrogen and oxygen atoms in total. The zero-order valence-electron chi connectivity index (χ0n) is 11.9. The molecule has 106 valence electrons. The summed E-state index contributed by atoms with van der Waals surface area (Å²) in [4.78, 5) is 21.3. The molecule has 1 fully saturated rings. The highest BCUT2D eigenvalue weighted by atomic mass is 16.7. The molecule has 0 aliphatic carbocycles. The average molecular weight is 277 g/mol. The third-order valence-corrected chi connectivity index (χ3v) is 3.83. The summed E-state index contributed by atoms with van der Waals surface area (Å²) >= 11 is 0. The van der Waals surface area contributed by atoms with Crippen LogP contribution in [0.3, 0.4) is 0 Å². The molecule has 1 aliphatic heterocycles. The van der Waals surface area contributed by atoms with Crippen LogP contribution in [0, 0.1) is 10.1 Å². The van der Waals surface area contributed by atoms with E-state index >= 15 is 0 Å². The van der Waals surface area contributed by atoms with Crippen LogP contribution in [0.4, 0.5) is 5.69 Å². The van der Waals surface area contributed by atoms with E-state index in [0.29, 0.717) is 11.7 Å². The Balaban J connectivity index is 2.42. The summed E-state index contributed by atoms with van der Waals surface area (Å²) in [5, 5.41) is 10.9. The predicted octanol–water partition coefficient (Wildman–Crippen LogP) is 1.71. The zero-order valence-corrected chi connectivity index (χ0v) is 11.9. The van der Waals surface area contributed by atoms with E-state index in [1.165, 1.54) is 12.1 Å². The molecule has 1 aromatic carbocycles. The van der Waals surface area contributed by atoms with E-state index in [-0.39, 0.29) is 11.3 Å². The summed E-state index contributed by atoms with van der Waals surface area (Å²) < 4.78 is 11.6. The van der Waals surface area contributed by atoms with Gasteiger partial charge < -0.3 is 9.31 Å². The fraction of sp³-hybridized carbons (Fsp3) is 0.462. The number of carbonyl (C=O) groups excluding carboxylic acids is 1. The number of nitro groups is 1. The van der Waals surface area contributed by atoms with Crippen molar-refractivity contribution in [2.24, 2.45) is 0 Å². The zero-order chi connectivity index (χ0) is 15.1. The summed E-state index contributed by atoms with van der Waals surface area (Å²) in [6, 6.07) is 4.14. The second kappa shape index (κ2) is 4.68. The van der Waals surface area contributed by atoms with Crippen molar-refractivity contribution in [3.63, 3.8) is 0 Å². The molecule has 7 heteroatoms. The van der Waals surface area contributed by atoms with Crippen LogP contribution >= 0.6 is 0 Å². The lowest BCUT2D eigenvalue weighted by molar-refractivity contribution is -0.384. The van der Waals surface area contributed by atoms with Crippen LogP contribution in [0.2, 0.25) is 0 Å². The molecule has 0 amide bonds. The standard InChI is InChI=1S/C13H16BNO5/c1-12(2)13(3,4)20-14(19-12)10-5-9(8-16)6-11(7-10)15(17)18/h5-8H,1-4H3. The Kier molecular flexibility index (Phi) is 3.43. The maximum absolute atomic E-state index is 10.9. The molecule has 0 bridgehead atoms. The average Bonchev–Trinajstić information content (AvgIpc) is 2.58. The number of benzene rings is 1. The molecule has 1 aliphatic rings. The number of nitrogens with zero attached hydrogens (tertiary/aromatic N) is 1. The quantitative estimate of drug-likeness (QED) is 0.363. The molecular formula is C13H16BNO5. The van der Waals surface area contributed by atoms with Gasteiger partial charge in [0, 0.05) is 17.7 Å². The first-order valence-corrected chi connectivity index (χ1v) is 6.26. The molecule has 1 saturated heterocycles. The van der Waals surface area contributed by atoms with Gasteiger partial charge in [-0.1, -0.05) is 6.07 Å². The van der Waals surface area contributed by atoms with Crippen LogP contribution in [0.15, 0.2) is 18.2 Å². The second-order valence-corrected chi connectivity index (χ2v) is 5.82.